The number of hydrogen-bond donors (Lipinski definition) is 0. The van der Waals surface area contributed by atoms with Crippen molar-refractivity contribution in [1.29, 1.82) is 0 Å². The Morgan fingerprint density at radius 2 is 2.24 bits per heavy atom. The van der Waals surface area contributed by atoms with E-state index in [0.717, 1.165) is 24.0 Å². The van der Waals surface area contributed by atoms with Crippen LogP contribution in [0.2, 0.25) is 0 Å². The molecule has 0 fully saturated rings. The van der Waals surface area contributed by atoms with E-state index in [4.69, 9.17) is 4.42 Å². The van der Waals surface area contributed by atoms with Crippen LogP contribution in [0.3, 0.4) is 0 Å². The van der Waals surface area contributed by atoms with E-state index in [-0.39, 0.29) is 5.78 Å². The summed E-state index contributed by atoms with van der Waals surface area (Å²) in [5, 5.41) is 7.73. The fourth-order valence-electron chi connectivity index (χ4n) is 2.23. The van der Waals surface area contributed by atoms with Crippen LogP contribution in [0.4, 0.5) is 0 Å². The Morgan fingerprint density at radius 1 is 1.35 bits per heavy atom. The number of ketones is 1. The fourth-order valence-corrected chi connectivity index (χ4v) is 2.23. The lowest BCUT2D eigenvalue weighted by Crippen LogP contribution is -2.07. The first-order valence-electron chi connectivity index (χ1n) is 5.73. The molecule has 0 amide bonds. The topological polar surface area (TPSA) is 60.9 Å². The maximum absolute atomic E-state index is 11.7. The predicted octanol–water partition coefficient (Wildman–Crippen LogP) is 1.75. The maximum Gasteiger partial charge on any atom is 0.236 e. The van der Waals surface area contributed by atoms with Crippen LogP contribution in [0.15, 0.2) is 16.8 Å². The number of rotatable bonds is 2. The van der Waals surface area contributed by atoms with Crippen molar-refractivity contribution >= 4 is 5.78 Å². The van der Waals surface area contributed by atoms with Gasteiger partial charge in [-0.25, -0.2) is 0 Å². The van der Waals surface area contributed by atoms with Gasteiger partial charge in [-0.05, 0) is 18.4 Å². The molecule has 0 aliphatic heterocycles. The molecule has 2 aromatic heterocycles. The maximum atomic E-state index is 11.7. The Morgan fingerprint density at radius 3 is 2.94 bits per heavy atom. The zero-order valence-electron chi connectivity index (χ0n) is 9.64. The molecule has 0 spiro atoms. The van der Waals surface area contributed by atoms with Gasteiger partial charge in [-0.1, -0.05) is 0 Å². The van der Waals surface area contributed by atoms with Gasteiger partial charge in [-0.3, -0.25) is 4.79 Å². The second kappa shape index (κ2) is 3.84. The van der Waals surface area contributed by atoms with Crippen LogP contribution >= 0.6 is 0 Å². The molecular formula is C12H13N3O2. The van der Waals surface area contributed by atoms with Gasteiger partial charge in [0, 0.05) is 31.3 Å². The van der Waals surface area contributed by atoms with E-state index in [1.54, 1.807) is 6.92 Å². The minimum atomic E-state index is 0.242. The normalized spacial score (nSPS) is 15.0. The third kappa shape index (κ3) is 1.88. The largest absolute Gasteiger partial charge is 0.424 e. The zero-order valence-corrected chi connectivity index (χ0v) is 9.64. The van der Waals surface area contributed by atoms with E-state index in [1.807, 2.05) is 17.0 Å². The summed E-state index contributed by atoms with van der Waals surface area (Å²) in [7, 11) is 0. The van der Waals surface area contributed by atoms with Gasteiger partial charge in [0.1, 0.15) is 6.54 Å². The highest BCUT2D eigenvalue weighted by Gasteiger charge is 2.19. The summed E-state index contributed by atoms with van der Waals surface area (Å²) in [6.45, 7) is 2.29. The van der Waals surface area contributed by atoms with Gasteiger partial charge < -0.3 is 8.98 Å². The molecule has 88 valence electrons. The van der Waals surface area contributed by atoms with Crippen molar-refractivity contribution in [2.24, 2.45) is 0 Å². The number of carbonyl (C=O) groups excluding carboxylic acids is 1. The molecule has 5 heteroatoms. The zero-order chi connectivity index (χ0) is 11.8. The highest BCUT2D eigenvalue weighted by molar-refractivity contribution is 5.98. The molecule has 2 aromatic rings. The van der Waals surface area contributed by atoms with Gasteiger partial charge in [-0.15, -0.1) is 10.2 Å². The van der Waals surface area contributed by atoms with Crippen LogP contribution in [0.5, 0.6) is 0 Å². The van der Waals surface area contributed by atoms with Crippen LogP contribution < -0.4 is 0 Å². The standard InChI is InChI=1S/C12H13N3O2/c1-8-13-14-12(17-8)7-15-5-9-3-2-4-11(16)10(9)6-15/h5-6H,2-4,7H2,1H3. The number of aromatic nitrogens is 3. The van der Waals surface area contributed by atoms with Gasteiger partial charge in [0.2, 0.25) is 11.8 Å². The molecule has 0 aromatic carbocycles. The molecule has 3 rings (SSSR count). The molecule has 1 aliphatic carbocycles. The SMILES string of the molecule is Cc1nnc(Cn2cc3c(c2)C(=O)CCC3)o1. The molecule has 0 atom stereocenters. The molecule has 17 heavy (non-hydrogen) atoms. The molecule has 0 bridgehead atoms. The number of Topliss-reactive ketones (excluding diaryl/α,β-unsaturated/α-hetero) is 1. The first-order valence-corrected chi connectivity index (χ1v) is 5.73. The smallest absolute Gasteiger partial charge is 0.236 e. The van der Waals surface area contributed by atoms with Gasteiger partial charge in [0.25, 0.3) is 0 Å². The van der Waals surface area contributed by atoms with Gasteiger partial charge in [0.15, 0.2) is 5.78 Å². The minimum absolute atomic E-state index is 0.242. The molecule has 0 saturated carbocycles. The summed E-state index contributed by atoms with van der Waals surface area (Å²) in [4.78, 5) is 11.7. The average molecular weight is 231 g/mol. The lowest BCUT2D eigenvalue weighted by Gasteiger charge is -2.07. The molecule has 5 nitrogen and oxygen atoms in total. The summed E-state index contributed by atoms with van der Waals surface area (Å²) in [6.07, 6.45) is 6.49. The second-order valence-electron chi connectivity index (χ2n) is 4.36. The monoisotopic (exact) mass is 231 g/mol. The van der Waals surface area contributed by atoms with Gasteiger partial charge in [-0.2, -0.15) is 0 Å². The van der Waals surface area contributed by atoms with Crippen molar-refractivity contribution < 1.29 is 9.21 Å². The lowest BCUT2D eigenvalue weighted by atomic mass is 9.95. The van der Waals surface area contributed by atoms with Crippen molar-refractivity contribution in [2.45, 2.75) is 32.7 Å². The molecule has 0 unspecified atom stereocenters. The van der Waals surface area contributed by atoms with E-state index in [1.165, 1.54) is 0 Å². The van der Waals surface area contributed by atoms with Crippen molar-refractivity contribution in [2.75, 3.05) is 0 Å². The Kier molecular flexibility index (Phi) is 2.31. The second-order valence-corrected chi connectivity index (χ2v) is 4.36. The third-order valence-corrected chi connectivity index (χ3v) is 3.00. The van der Waals surface area contributed by atoms with Crippen molar-refractivity contribution in [3.05, 3.63) is 35.3 Å². The number of carbonyl (C=O) groups is 1. The van der Waals surface area contributed by atoms with Crippen LogP contribution in [-0.4, -0.2) is 20.5 Å². The van der Waals surface area contributed by atoms with Crippen molar-refractivity contribution in [1.82, 2.24) is 14.8 Å². The fraction of sp³-hybridized carbons (Fsp3) is 0.417. The van der Waals surface area contributed by atoms with Crippen LogP contribution in [-0.2, 0) is 13.0 Å². The van der Waals surface area contributed by atoms with E-state index >= 15 is 0 Å². The Balaban J connectivity index is 1.87. The average Bonchev–Trinajstić information content (AvgIpc) is 2.86. The van der Waals surface area contributed by atoms with Crippen LogP contribution in [0.25, 0.3) is 0 Å². The summed E-state index contributed by atoms with van der Waals surface area (Å²) < 4.78 is 7.26. The van der Waals surface area contributed by atoms with Gasteiger partial charge in [0.05, 0.1) is 0 Å². The number of nitrogens with zero attached hydrogens (tertiary/aromatic N) is 3. The predicted molar refractivity (Wildman–Crippen MR) is 59.8 cm³/mol. The molecule has 0 N–H and O–H groups in total. The Labute approximate surface area is 98.5 Å². The summed E-state index contributed by atoms with van der Waals surface area (Å²) >= 11 is 0. The molecular weight excluding hydrogens is 218 g/mol. The minimum Gasteiger partial charge on any atom is -0.424 e. The third-order valence-electron chi connectivity index (χ3n) is 3.00. The van der Waals surface area contributed by atoms with Crippen molar-refractivity contribution in [3.63, 3.8) is 0 Å². The molecule has 0 radical (unpaired) electrons. The molecule has 0 saturated heterocycles. The Hall–Kier alpha value is -1.91. The highest BCUT2D eigenvalue weighted by Crippen LogP contribution is 2.22. The number of hydrogen-bond acceptors (Lipinski definition) is 4. The quantitative estimate of drug-likeness (QED) is 0.790. The first-order chi connectivity index (χ1) is 8.22. The van der Waals surface area contributed by atoms with Crippen LogP contribution in [0.1, 0.15) is 40.5 Å². The van der Waals surface area contributed by atoms with Gasteiger partial charge >= 0.3 is 0 Å². The number of aryl methyl sites for hydroxylation is 2. The first kappa shape index (κ1) is 10.3. The molecule has 1 aliphatic rings. The van der Waals surface area contributed by atoms with Crippen molar-refractivity contribution in [3.8, 4) is 0 Å². The number of fused-ring (bicyclic) bond motifs is 1. The van der Waals surface area contributed by atoms with Crippen LogP contribution in [0, 0.1) is 6.92 Å². The van der Waals surface area contributed by atoms with E-state index in [2.05, 4.69) is 10.2 Å². The van der Waals surface area contributed by atoms with E-state index < -0.39 is 0 Å². The van der Waals surface area contributed by atoms with E-state index in [9.17, 15) is 4.79 Å². The van der Waals surface area contributed by atoms with E-state index in [0.29, 0.717) is 24.7 Å². The summed E-state index contributed by atoms with van der Waals surface area (Å²) in [5.41, 5.74) is 1.99. The highest BCUT2D eigenvalue weighted by atomic mass is 16.4. The summed E-state index contributed by atoms with van der Waals surface area (Å²) in [6, 6.07) is 0. The summed E-state index contributed by atoms with van der Waals surface area (Å²) in [5.74, 6) is 1.38. The Bertz CT molecular complexity index is 568. The molecule has 2 heterocycles. The lowest BCUT2D eigenvalue weighted by molar-refractivity contribution is 0.0973.